The van der Waals surface area contributed by atoms with Gasteiger partial charge in [-0.15, -0.1) is 11.3 Å². The molecular formula is C23H25N3O3S. The van der Waals surface area contributed by atoms with Crippen molar-refractivity contribution in [2.75, 3.05) is 18.5 Å². The quantitative estimate of drug-likeness (QED) is 0.490. The molecule has 0 aliphatic carbocycles. The fourth-order valence-corrected chi connectivity index (χ4v) is 3.35. The standard InChI is InChI=1S/C23H25N3O3S/c1-3-4-13-29-20-11-7-18(8-12-20)23(28)24-14-22(27)26-19-9-5-17(6-10-19)21-15-30-16(2)25-21/h5-12,15H,3-4,13-14H2,1-2H3,(H,24,28)(H,26,27). The Morgan fingerprint density at radius 1 is 1.07 bits per heavy atom. The number of benzene rings is 2. The van der Waals surface area contributed by atoms with Gasteiger partial charge in [-0.1, -0.05) is 25.5 Å². The second-order valence-corrected chi connectivity index (χ2v) is 7.85. The van der Waals surface area contributed by atoms with Gasteiger partial charge in [-0.2, -0.15) is 0 Å². The van der Waals surface area contributed by atoms with Gasteiger partial charge < -0.3 is 15.4 Å². The Kier molecular flexibility index (Phi) is 7.57. The van der Waals surface area contributed by atoms with Crippen LogP contribution in [0, 0.1) is 6.92 Å². The maximum absolute atomic E-state index is 12.2. The summed E-state index contributed by atoms with van der Waals surface area (Å²) in [5.74, 6) is 0.133. The normalized spacial score (nSPS) is 10.5. The molecule has 0 bridgehead atoms. The van der Waals surface area contributed by atoms with Crippen LogP contribution >= 0.6 is 11.3 Å². The number of thiazole rings is 1. The molecule has 0 fully saturated rings. The predicted octanol–water partition coefficient (Wildman–Crippen LogP) is 4.67. The Morgan fingerprint density at radius 3 is 2.43 bits per heavy atom. The van der Waals surface area contributed by atoms with Gasteiger partial charge in [0.2, 0.25) is 5.91 Å². The zero-order valence-electron chi connectivity index (χ0n) is 17.1. The van der Waals surface area contributed by atoms with Crippen molar-refractivity contribution in [2.24, 2.45) is 0 Å². The van der Waals surface area contributed by atoms with Gasteiger partial charge in [0, 0.05) is 22.2 Å². The molecule has 156 valence electrons. The van der Waals surface area contributed by atoms with Gasteiger partial charge in [0.1, 0.15) is 5.75 Å². The van der Waals surface area contributed by atoms with Crippen LogP contribution in [0.15, 0.2) is 53.9 Å². The summed E-state index contributed by atoms with van der Waals surface area (Å²) >= 11 is 1.60. The number of ether oxygens (including phenoxy) is 1. The third kappa shape index (κ3) is 6.15. The number of unbranched alkanes of at least 4 members (excludes halogenated alkanes) is 1. The van der Waals surface area contributed by atoms with Crippen LogP contribution in [-0.2, 0) is 4.79 Å². The van der Waals surface area contributed by atoms with Gasteiger partial charge in [-0.3, -0.25) is 9.59 Å². The largest absolute Gasteiger partial charge is 0.494 e. The molecule has 0 atom stereocenters. The molecule has 1 aromatic heterocycles. The van der Waals surface area contributed by atoms with E-state index < -0.39 is 0 Å². The monoisotopic (exact) mass is 423 g/mol. The van der Waals surface area contributed by atoms with E-state index in [2.05, 4.69) is 22.5 Å². The summed E-state index contributed by atoms with van der Waals surface area (Å²) in [5.41, 5.74) is 3.06. The Morgan fingerprint density at radius 2 is 1.80 bits per heavy atom. The molecule has 0 radical (unpaired) electrons. The molecule has 3 aromatic rings. The number of amides is 2. The van der Waals surface area contributed by atoms with Crippen molar-refractivity contribution in [3.8, 4) is 17.0 Å². The van der Waals surface area contributed by atoms with Crippen LogP contribution in [0.2, 0.25) is 0 Å². The van der Waals surface area contributed by atoms with Crippen molar-refractivity contribution >= 4 is 28.8 Å². The Bertz CT molecular complexity index is 982. The third-order valence-corrected chi connectivity index (χ3v) is 5.15. The number of nitrogens with one attached hydrogen (secondary N) is 2. The molecule has 0 saturated heterocycles. The maximum atomic E-state index is 12.2. The molecule has 6 nitrogen and oxygen atoms in total. The van der Waals surface area contributed by atoms with E-state index in [0.29, 0.717) is 17.9 Å². The van der Waals surface area contributed by atoms with Crippen molar-refractivity contribution < 1.29 is 14.3 Å². The summed E-state index contributed by atoms with van der Waals surface area (Å²) in [6.45, 7) is 4.62. The van der Waals surface area contributed by atoms with E-state index in [1.54, 1.807) is 35.6 Å². The summed E-state index contributed by atoms with van der Waals surface area (Å²) in [7, 11) is 0. The van der Waals surface area contributed by atoms with Crippen molar-refractivity contribution in [2.45, 2.75) is 26.7 Å². The molecular weight excluding hydrogens is 398 g/mol. The Balaban J connectivity index is 1.46. The molecule has 0 unspecified atom stereocenters. The van der Waals surface area contributed by atoms with E-state index in [0.717, 1.165) is 34.9 Å². The molecule has 30 heavy (non-hydrogen) atoms. The minimum Gasteiger partial charge on any atom is -0.494 e. The van der Waals surface area contributed by atoms with E-state index in [-0.39, 0.29) is 18.4 Å². The maximum Gasteiger partial charge on any atom is 0.251 e. The van der Waals surface area contributed by atoms with E-state index in [1.165, 1.54) is 0 Å². The van der Waals surface area contributed by atoms with Gasteiger partial charge in [0.25, 0.3) is 5.91 Å². The van der Waals surface area contributed by atoms with Crippen LogP contribution in [0.5, 0.6) is 5.75 Å². The first-order valence-electron chi connectivity index (χ1n) is 9.88. The Hall–Kier alpha value is -3.19. The van der Waals surface area contributed by atoms with Crippen molar-refractivity contribution in [1.82, 2.24) is 10.3 Å². The SMILES string of the molecule is CCCCOc1ccc(C(=O)NCC(=O)Nc2ccc(-c3csc(C)n3)cc2)cc1. The van der Waals surface area contributed by atoms with Gasteiger partial charge in [-0.25, -0.2) is 4.98 Å². The average Bonchev–Trinajstić information content (AvgIpc) is 3.19. The summed E-state index contributed by atoms with van der Waals surface area (Å²) < 4.78 is 5.58. The molecule has 3 rings (SSSR count). The summed E-state index contributed by atoms with van der Waals surface area (Å²) in [5, 5.41) is 8.42. The summed E-state index contributed by atoms with van der Waals surface area (Å²) in [4.78, 5) is 28.8. The van der Waals surface area contributed by atoms with Gasteiger partial charge in [0.05, 0.1) is 23.9 Å². The highest BCUT2D eigenvalue weighted by Crippen LogP contribution is 2.23. The lowest BCUT2D eigenvalue weighted by molar-refractivity contribution is -0.115. The third-order valence-electron chi connectivity index (χ3n) is 4.38. The zero-order valence-corrected chi connectivity index (χ0v) is 17.9. The average molecular weight is 424 g/mol. The second kappa shape index (κ2) is 10.5. The number of aromatic nitrogens is 1. The van der Waals surface area contributed by atoms with Crippen LogP contribution < -0.4 is 15.4 Å². The van der Waals surface area contributed by atoms with Crippen molar-refractivity contribution in [3.63, 3.8) is 0 Å². The summed E-state index contributed by atoms with van der Waals surface area (Å²) in [6, 6.07) is 14.4. The molecule has 2 amide bonds. The second-order valence-electron chi connectivity index (χ2n) is 6.79. The number of hydrogen-bond acceptors (Lipinski definition) is 5. The molecule has 0 aliphatic rings. The number of carbonyl (C=O) groups is 2. The molecule has 0 aliphatic heterocycles. The number of rotatable bonds is 9. The van der Waals surface area contributed by atoms with Gasteiger partial charge in [0.15, 0.2) is 0 Å². The fourth-order valence-electron chi connectivity index (χ4n) is 2.73. The van der Waals surface area contributed by atoms with Crippen molar-refractivity contribution in [1.29, 1.82) is 0 Å². The smallest absolute Gasteiger partial charge is 0.251 e. The number of carbonyl (C=O) groups excluding carboxylic acids is 2. The molecule has 7 heteroatoms. The lowest BCUT2D eigenvalue weighted by Gasteiger charge is -2.09. The lowest BCUT2D eigenvalue weighted by Crippen LogP contribution is -2.32. The van der Waals surface area contributed by atoms with Crippen molar-refractivity contribution in [3.05, 3.63) is 64.5 Å². The van der Waals surface area contributed by atoms with Gasteiger partial charge >= 0.3 is 0 Å². The first-order valence-corrected chi connectivity index (χ1v) is 10.8. The molecule has 0 saturated carbocycles. The highest BCUT2D eigenvalue weighted by atomic mass is 32.1. The predicted molar refractivity (Wildman–Crippen MR) is 120 cm³/mol. The van der Waals surface area contributed by atoms with E-state index in [4.69, 9.17) is 4.74 Å². The highest BCUT2D eigenvalue weighted by molar-refractivity contribution is 7.09. The molecule has 0 spiro atoms. The van der Waals surface area contributed by atoms with Crippen LogP contribution in [0.4, 0.5) is 5.69 Å². The summed E-state index contributed by atoms with van der Waals surface area (Å²) in [6.07, 6.45) is 2.06. The number of hydrogen-bond donors (Lipinski definition) is 2. The van der Waals surface area contributed by atoms with Crippen LogP contribution in [-0.4, -0.2) is 29.9 Å². The minimum atomic E-state index is -0.306. The number of aryl methyl sites for hydroxylation is 1. The molecule has 2 aromatic carbocycles. The Labute approximate surface area is 180 Å². The van der Waals surface area contributed by atoms with E-state index in [9.17, 15) is 9.59 Å². The topological polar surface area (TPSA) is 80.3 Å². The number of nitrogens with zero attached hydrogens (tertiary/aromatic N) is 1. The van der Waals surface area contributed by atoms with Crippen LogP contribution in [0.3, 0.4) is 0 Å². The number of anilines is 1. The lowest BCUT2D eigenvalue weighted by atomic mass is 10.1. The minimum absolute atomic E-state index is 0.110. The first kappa shape index (κ1) is 21.5. The van der Waals surface area contributed by atoms with Gasteiger partial charge in [-0.05, 0) is 49.7 Å². The van der Waals surface area contributed by atoms with E-state index in [1.807, 2.05) is 36.6 Å². The highest BCUT2D eigenvalue weighted by Gasteiger charge is 2.09. The van der Waals surface area contributed by atoms with Crippen LogP contribution in [0.25, 0.3) is 11.3 Å². The van der Waals surface area contributed by atoms with Crippen LogP contribution in [0.1, 0.15) is 35.1 Å². The molecule has 2 N–H and O–H groups in total. The molecule has 1 heterocycles. The van der Waals surface area contributed by atoms with E-state index >= 15 is 0 Å². The zero-order chi connectivity index (χ0) is 21.3. The first-order chi connectivity index (χ1) is 14.5. The fraction of sp³-hybridized carbons (Fsp3) is 0.261.